The molecule has 1 unspecified atom stereocenters. The lowest BCUT2D eigenvalue weighted by Crippen LogP contribution is -2.45. The number of hydrogen-bond acceptors (Lipinski definition) is 3. The Morgan fingerprint density at radius 1 is 1.21 bits per heavy atom. The number of rotatable bonds is 8. The van der Waals surface area contributed by atoms with Gasteiger partial charge in [0, 0.05) is 45.2 Å². The zero-order chi connectivity index (χ0) is 20.4. The van der Waals surface area contributed by atoms with E-state index >= 15 is 0 Å². The number of carbonyl (C=O) groups excluding carboxylic acids is 2. The number of likely N-dealkylation sites (N-methyl/N-ethyl adjacent to an activating group) is 1. The quantitative estimate of drug-likeness (QED) is 0.316. The molecule has 0 spiro atoms. The van der Waals surface area contributed by atoms with E-state index in [1.165, 1.54) is 0 Å². The first kappa shape index (κ1) is 25.2. The van der Waals surface area contributed by atoms with E-state index in [0.29, 0.717) is 38.6 Å². The molecule has 1 saturated heterocycles. The summed E-state index contributed by atoms with van der Waals surface area (Å²) in [5.74, 6) is 0.807. The number of halogens is 1. The number of carbonyl (C=O) groups is 2. The average molecular weight is 515 g/mol. The lowest BCUT2D eigenvalue weighted by molar-refractivity contribution is -0.130. The molecule has 8 heteroatoms. The highest BCUT2D eigenvalue weighted by Crippen LogP contribution is 2.10. The molecule has 0 aliphatic carbocycles. The first-order valence-corrected chi connectivity index (χ1v) is 10.2. The van der Waals surface area contributed by atoms with Crippen molar-refractivity contribution >= 4 is 41.8 Å². The molecule has 1 aromatic carbocycles. The van der Waals surface area contributed by atoms with Crippen molar-refractivity contribution in [2.75, 3.05) is 32.7 Å². The Bertz CT molecular complexity index is 668. The smallest absolute Gasteiger partial charge is 0.244 e. The van der Waals surface area contributed by atoms with E-state index in [4.69, 9.17) is 0 Å². The van der Waals surface area contributed by atoms with Crippen LogP contribution >= 0.6 is 24.0 Å². The first-order valence-electron chi connectivity index (χ1n) is 10.2. The Labute approximate surface area is 191 Å². The van der Waals surface area contributed by atoms with Crippen LogP contribution in [0.25, 0.3) is 0 Å². The average Bonchev–Trinajstić information content (AvgIpc) is 3.18. The van der Waals surface area contributed by atoms with Gasteiger partial charge >= 0.3 is 0 Å². The summed E-state index contributed by atoms with van der Waals surface area (Å²) in [4.78, 5) is 32.6. The molecule has 1 atom stereocenters. The van der Waals surface area contributed by atoms with E-state index in [1.54, 1.807) is 4.90 Å². The Hall–Kier alpha value is -1.84. The first-order chi connectivity index (χ1) is 13.6. The van der Waals surface area contributed by atoms with Crippen molar-refractivity contribution in [3.63, 3.8) is 0 Å². The monoisotopic (exact) mass is 515 g/mol. The summed E-state index contributed by atoms with van der Waals surface area (Å²) in [6.45, 7) is 9.35. The molecule has 2 rings (SSSR count). The molecule has 1 aliphatic rings. The van der Waals surface area contributed by atoms with Gasteiger partial charge in [0.15, 0.2) is 5.96 Å². The molecule has 0 radical (unpaired) electrons. The van der Waals surface area contributed by atoms with E-state index in [0.717, 1.165) is 18.5 Å². The zero-order valence-electron chi connectivity index (χ0n) is 17.7. The Kier molecular flexibility index (Phi) is 11.6. The van der Waals surface area contributed by atoms with Gasteiger partial charge in [-0.15, -0.1) is 24.0 Å². The lowest BCUT2D eigenvalue weighted by Gasteiger charge is -2.21. The molecule has 2 N–H and O–H groups in total. The van der Waals surface area contributed by atoms with Gasteiger partial charge < -0.3 is 20.4 Å². The van der Waals surface area contributed by atoms with Crippen molar-refractivity contribution in [2.24, 2.45) is 4.99 Å². The van der Waals surface area contributed by atoms with Crippen molar-refractivity contribution in [1.29, 1.82) is 0 Å². The lowest BCUT2D eigenvalue weighted by atomic mass is 10.2. The predicted octanol–water partition coefficient (Wildman–Crippen LogP) is 2.22. The van der Waals surface area contributed by atoms with Gasteiger partial charge in [-0.1, -0.05) is 37.3 Å². The molecule has 1 heterocycles. The van der Waals surface area contributed by atoms with Crippen molar-refractivity contribution in [2.45, 2.75) is 46.2 Å². The van der Waals surface area contributed by atoms with Crippen LogP contribution in [0.15, 0.2) is 35.3 Å². The van der Waals surface area contributed by atoms with Crippen LogP contribution in [0.5, 0.6) is 0 Å². The highest BCUT2D eigenvalue weighted by atomic mass is 127. The number of nitrogens with one attached hydrogen (secondary N) is 2. The molecule has 1 aromatic rings. The van der Waals surface area contributed by atoms with E-state index in [9.17, 15) is 9.59 Å². The van der Waals surface area contributed by atoms with E-state index in [-0.39, 0.29) is 48.4 Å². The fourth-order valence-corrected chi connectivity index (χ4v) is 3.27. The summed E-state index contributed by atoms with van der Waals surface area (Å²) in [5.41, 5.74) is 1.11. The summed E-state index contributed by atoms with van der Waals surface area (Å²) in [5, 5.41) is 6.56. The van der Waals surface area contributed by atoms with Crippen LogP contribution in [0.2, 0.25) is 0 Å². The van der Waals surface area contributed by atoms with Crippen LogP contribution in [-0.4, -0.2) is 66.3 Å². The molecule has 0 saturated carbocycles. The minimum absolute atomic E-state index is 0. The van der Waals surface area contributed by atoms with Crippen molar-refractivity contribution in [3.05, 3.63) is 35.9 Å². The highest BCUT2D eigenvalue weighted by Gasteiger charge is 2.25. The molecule has 1 aliphatic heterocycles. The maximum absolute atomic E-state index is 12.6. The van der Waals surface area contributed by atoms with Gasteiger partial charge in [-0.05, 0) is 25.8 Å². The third-order valence-corrected chi connectivity index (χ3v) is 4.85. The second-order valence-electron chi connectivity index (χ2n) is 6.91. The zero-order valence-corrected chi connectivity index (χ0v) is 20.0. The Morgan fingerprint density at radius 2 is 1.93 bits per heavy atom. The standard InChI is InChI=1S/C21H33N5O2.HI/c1-4-19(27)26-13-12-18(16-26)24-21(22-5-2)23-14-20(28)25(6-3)15-17-10-8-7-9-11-17;/h7-11,18H,4-6,12-16H2,1-3H3,(H2,22,23,24);1H. The van der Waals surface area contributed by atoms with Crippen LogP contribution in [-0.2, 0) is 16.1 Å². The van der Waals surface area contributed by atoms with Gasteiger partial charge in [0.05, 0.1) is 0 Å². The minimum atomic E-state index is -0.00207. The summed E-state index contributed by atoms with van der Waals surface area (Å²) in [6.07, 6.45) is 1.42. The van der Waals surface area contributed by atoms with E-state index < -0.39 is 0 Å². The maximum atomic E-state index is 12.6. The van der Waals surface area contributed by atoms with E-state index in [1.807, 2.05) is 56.0 Å². The van der Waals surface area contributed by atoms with Gasteiger partial charge in [-0.3, -0.25) is 9.59 Å². The normalized spacial score (nSPS) is 16.2. The molecule has 162 valence electrons. The highest BCUT2D eigenvalue weighted by molar-refractivity contribution is 14.0. The van der Waals surface area contributed by atoms with E-state index in [2.05, 4.69) is 15.6 Å². The van der Waals surface area contributed by atoms with Gasteiger partial charge in [0.2, 0.25) is 11.8 Å². The van der Waals surface area contributed by atoms with Crippen LogP contribution in [0, 0.1) is 0 Å². The SMILES string of the molecule is CCNC(=NCC(=O)N(CC)Cc1ccccc1)NC1CCN(C(=O)CC)C1.I. The second kappa shape index (κ2) is 13.4. The predicted molar refractivity (Wildman–Crippen MR) is 127 cm³/mol. The number of nitrogens with zero attached hydrogens (tertiary/aromatic N) is 3. The Morgan fingerprint density at radius 3 is 2.55 bits per heavy atom. The van der Waals surface area contributed by atoms with Crippen LogP contribution < -0.4 is 10.6 Å². The molecule has 0 bridgehead atoms. The minimum Gasteiger partial charge on any atom is -0.357 e. The van der Waals surface area contributed by atoms with Crippen molar-refractivity contribution in [1.82, 2.24) is 20.4 Å². The summed E-state index contributed by atoms with van der Waals surface area (Å²) in [7, 11) is 0. The third-order valence-electron chi connectivity index (χ3n) is 4.85. The Balaban J connectivity index is 0.00000420. The van der Waals surface area contributed by atoms with Crippen LogP contribution in [0.1, 0.15) is 39.2 Å². The second-order valence-corrected chi connectivity index (χ2v) is 6.91. The van der Waals surface area contributed by atoms with Gasteiger partial charge in [0.1, 0.15) is 6.54 Å². The molecule has 29 heavy (non-hydrogen) atoms. The fraction of sp³-hybridized carbons (Fsp3) is 0.571. The third kappa shape index (κ3) is 8.20. The fourth-order valence-electron chi connectivity index (χ4n) is 3.27. The van der Waals surface area contributed by atoms with Gasteiger partial charge in [0.25, 0.3) is 0 Å². The summed E-state index contributed by atoms with van der Waals surface area (Å²) in [6, 6.07) is 10.1. The number of aliphatic imine (C=N–C) groups is 1. The maximum Gasteiger partial charge on any atom is 0.244 e. The number of benzene rings is 1. The molecular weight excluding hydrogens is 481 g/mol. The molecule has 7 nitrogen and oxygen atoms in total. The topological polar surface area (TPSA) is 77.0 Å². The number of amides is 2. The summed E-state index contributed by atoms with van der Waals surface area (Å²) < 4.78 is 0. The van der Waals surface area contributed by atoms with Gasteiger partial charge in [-0.25, -0.2) is 4.99 Å². The summed E-state index contributed by atoms with van der Waals surface area (Å²) >= 11 is 0. The van der Waals surface area contributed by atoms with Crippen LogP contribution in [0.4, 0.5) is 0 Å². The largest absolute Gasteiger partial charge is 0.357 e. The van der Waals surface area contributed by atoms with Gasteiger partial charge in [-0.2, -0.15) is 0 Å². The number of guanidine groups is 1. The molecule has 0 aromatic heterocycles. The molecular formula is C21H34IN5O2. The molecule has 2 amide bonds. The van der Waals surface area contributed by atoms with Crippen molar-refractivity contribution < 1.29 is 9.59 Å². The van der Waals surface area contributed by atoms with Crippen molar-refractivity contribution in [3.8, 4) is 0 Å². The number of hydrogen-bond donors (Lipinski definition) is 2. The van der Waals surface area contributed by atoms with Crippen LogP contribution in [0.3, 0.4) is 0 Å². The molecule has 1 fully saturated rings. The number of likely N-dealkylation sites (tertiary alicyclic amines) is 1.